The van der Waals surface area contributed by atoms with Crippen molar-refractivity contribution in [3.8, 4) is 11.5 Å². The lowest BCUT2D eigenvalue weighted by Crippen LogP contribution is -2.67. The molecule has 1 saturated heterocycles. The molecule has 1 unspecified atom stereocenters. The summed E-state index contributed by atoms with van der Waals surface area (Å²) in [6.07, 6.45) is 1.09. The third-order valence-corrected chi connectivity index (χ3v) is 8.77. The fraction of sp³-hybridized carbons (Fsp3) is 0.341. The van der Waals surface area contributed by atoms with Gasteiger partial charge in [-0.05, 0) is 91.8 Å². The van der Waals surface area contributed by atoms with E-state index >= 15 is 0 Å². The van der Waals surface area contributed by atoms with Crippen LogP contribution in [0, 0.1) is 5.92 Å². The second-order valence-corrected chi connectivity index (χ2v) is 13.8. The van der Waals surface area contributed by atoms with E-state index < -0.39 is 41.4 Å². The van der Waals surface area contributed by atoms with E-state index in [1.165, 1.54) is 4.90 Å². The second kappa shape index (κ2) is 16.5. The number of β-lactam (4-membered cyclic amide) rings is 1. The lowest BCUT2D eigenvalue weighted by molar-refractivity contribution is -0.180. The molecule has 3 amide bonds. The number of carbonyl (C=O) groups is 4. The molecule has 0 radical (unpaired) electrons. The number of anilines is 1. The topological polar surface area (TPSA) is 125 Å². The van der Waals surface area contributed by atoms with Crippen molar-refractivity contribution in [2.75, 3.05) is 19.1 Å². The molecule has 11 heteroatoms. The fourth-order valence-electron chi connectivity index (χ4n) is 5.98. The fourth-order valence-corrected chi connectivity index (χ4v) is 5.98. The van der Waals surface area contributed by atoms with E-state index in [2.05, 4.69) is 4.98 Å². The van der Waals surface area contributed by atoms with E-state index in [-0.39, 0.29) is 31.9 Å². The molecule has 2 heterocycles. The van der Waals surface area contributed by atoms with E-state index in [1.54, 1.807) is 89.7 Å². The zero-order valence-electron chi connectivity index (χ0n) is 30.4. The molecule has 0 spiro atoms. The summed E-state index contributed by atoms with van der Waals surface area (Å²) in [5.41, 5.74) is 2.37. The van der Waals surface area contributed by atoms with Crippen LogP contribution in [0.2, 0.25) is 0 Å². The number of nitrogens with zero attached hydrogens (tertiary/aromatic N) is 3. The van der Waals surface area contributed by atoms with Gasteiger partial charge in [-0.3, -0.25) is 19.4 Å². The Kier molecular flexibility index (Phi) is 11.9. The number of aromatic nitrogens is 1. The summed E-state index contributed by atoms with van der Waals surface area (Å²) in [5.74, 6) is -0.989. The maximum Gasteiger partial charge on any atom is 0.416 e. The third kappa shape index (κ3) is 9.34. The molecule has 3 atom stereocenters. The summed E-state index contributed by atoms with van der Waals surface area (Å²) in [7, 11) is 3.14. The Bertz CT molecular complexity index is 1860. The summed E-state index contributed by atoms with van der Waals surface area (Å²) in [6, 6.07) is 26.2. The van der Waals surface area contributed by atoms with Gasteiger partial charge in [0.2, 0.25) is 11.8 Å². The van der Waals surface area contributed by atoms with Gasteiger partial charge in [-0.15, -0.1) is 0 Å². The first kappa shape index (κ1) is 37.5. The first-order valence-corrected chi connectivity index (χ1v) is 17.2. The summed E-state index contributed by atoms with van der Waals surface area (Å²) in [5, 5.41) is 0. The third-order valence-electron chi connectivity index (χ3n) is 8.77. The Morgan fingerprint density at radius 1 is 0.846 bits per heavy atom. The van der Waals surface area contributed by atoms with Gasteiger partial charge in [0, 0.05) is 12.6 Å². The number of hydrogen-bond acceptors (Lipinski definition) is 9. The molecule has 1 fully saturated rings. The molecule has 1 aliphatic rings. The average Bonchev–Trinajstić information content (AvgIpc) is 3.14. The number of pyridine rings is 1. The van der Waals surface area contributed by atoms with Crippen molar-refractivity contribution in [3.05, 3.63) is 119 Å². The molecule has 11 nitrogen and oxygen atoms in total. The van der Waals surface area contributed by atoms with Crippen LogP contribution in [0.5, 0.6) is 11.5 Å². The van der Waals surface area contributed by atoms with Crippen molar-refractivity contribution < 1.29 is 38.1 Å². The van der Waals surface area contributed by atoms with Crippen LogP contribution in [-0.2, 0) is 43.4 Å². The van der Waals surface area contributed by atoms with E-state index in [4.69, 9.17) is 18.9 Å². The van der Waals surface area contributed by atoms with Gasteiger partial charge in [0.25, 0.3) is 0 Å². The molecule has 0 saturated carbocycles. The smallest absolute Gasteiger partial charge is 0.416 e. The van der Waals surface area contributed by atoms with Crippen molar-refractivity contribution >= 4 is 29.7 Å². The van der Waals surface area contributed by atoms with Gasteiger partial charge in [0.15, 0.2) is 0 Å². The minimum atomic E-state index is -1.13. The molecule has 272 valence electrons. The van der Waals surface area contributed by atoms with Crippen LogP contribution in [0.1, 0.15) is 62.3 Å². The normalized spacial score (nSPS) is 16.0. The number of amides is 3. The van der Waals surface area contributed by atoms with Crippen LogP contribution in [0.25, 0.3) is 0 Å². The van der Waals surface area contributed by atoms with Crippen molar-refractivity contribution in [3.63, 3.8) is 0 Å². The molecular formula is C41H45N3O8. The van der Waals surface area contributed by atoms with E-state index in [1.807, 2.05) is 49.4 Å². The zero-order valence-corrected chi connectivity index (χ0v) is 30.4. The number of rotatable bonds is 13. The van der Waals surface area contributed by atoms with E-state index in [0.717, 1.165) is 21.6 Å². The number of hydrogen-bond donors (Lipinski definition) is 0. The standard InChI is InChI=1S/C41H45N3O8/c1-27(31-10-8-7-9-11-31)22-36(45)44-37(39(47)51-26-29-14-18-33(50-6)19-15-29)34(38(44)46)23-30-20-21-42-35(24-30)43(40(48)52-41(2,3)4)25-28-12-16-32(49-5)17-13-28/h7-21,24,27,34,37H,22-23,25-26H2,1-6H3/t27-,34?,37-/m0/s1. The van der Waals surface area contributed by atoms with Crippen LogP contribution in [-0.4, -0.2) is 59.6 Å². The lowest BCUT2D eigenvalue weighted by Gasteiger charge is -2.44. The van der Waals surface area contributed by atoms with Gasteiger partial charge in [-0.25, -0.2) is 14.6 Å². The van der Waals surface area contributed by atoms with Gasteiger partial charge in [0.05, 0.1) is 26.7 Å². The zero-order chi connectivity index (χ0) is 37.4. The Labute approximate surface area is 304 Å². The average molecular weight is 708 g/mol. The van der Waals surface area contributed by atoms with Gasteiger partial charge in [0.1, 0.15) is 35.6 Å². The molecule has 5 rings (SSSR count). The Morgan fingerprint density at radius 2 is 1.46 bits per heavy atom. The highest BCUT2D eigenvalue weighted by Gasteiger charge is 2.55. The minimum absolute atomic E-state index is 0.0420. The van der Waals surface area contributed by atoms with Crippen LogP contribution >= 0.6 is 0 Å². The molecular weight excluding hydrogens is 662 g/mol. The highest BCUT2D eigenvalue weighted by Crippen LogP contribution is 2.34. The lowest BCUT2D eigenvalue weighted by atomic mass is 9.81. The minimum Gasteiger partial charge on any atom is -0.497 e. The van der Waals surface area contributed by atoms with Gasteiger partial charge < -0.3 is 18.9 Å². The molecule has 0 aliphatic carbocycles. The first-order valence-electron chi connectivity index (χ1n) is 17.2. The van der Waals surface area contributed by atoms with Crippen LogP contribution in [0.4, 0.5) is 10.6 Å². The molecule has 0 bridgehead atoms. The number of esters is 1. The van der Waals surface area contributed by atoms with Crippen LogP contribution in [0.15, 0.2) is 97.2 Å². The summed E-state index contributed by atoms with van der Waals surface area (Å²) < 4.78 is 21.9. The number of methoxy groups -OCH3 is 2. The van der Waals surface area contributed by atoms with Crippen LogP contribution in [0.3, 0.4) is 0 Å². The number of imide groups is 1. The molecule has 1 aromatic heterocycles. The Hall–Kier alpha value is -5.71. The van der Waals surface area contributed by atoms with Crippen molar-refractivity contribution in [1.29, 1.82) is 0 Å². The van der Waals surface area contributed by atoms with E-state index in [0.29, 0.717) is 22.9 Å². The number of carbonyl (C=O) groups excluding carboxylic acids is 4. The van der Waals surface area contributed by atoms with E-state index in [9.17, 15) is 19.2 Å². The molecule has 3 aromatic carbocycles. The Morgan fingerprint density at radius 3 is 2.06 bits per heavy atom. The maximum absolute atomic E-state index is 13.7. The largest absolute Gasteiger partial charge is 0.497 e. The van der Waals surface area contributed by atoms with Crippen molar-refractivity contribution in [2.45, 2.75) is 71.2 Å². The van der Waals surface area contributed by atoms with Gasteiger partial charge in [-0.1, -0.05) is 61.5 Å². The predicted octanol–water partition coefficient (Wildman–Crippen LogP) is 6.87. The van der Waals surface area contributed by atoms with Crippen LogP contribution < -0.4 is 14.4 Å². The number of benzene rings is 3. The summed E-state index contributed by atoms with van der Waals surface area (Å²) >= 11 is 0. The Balaban J connectivity index is 1.38. The summed E-state index contributed by atoms with van der Waals surface area (Å²) in [6.45, 7) is 7.36. The quantitative estimate of drug-likeness (QED) is 0.108. The predicted molar refractivity (Wildman–Crippen MR) is 195 cm³/mol. The monoisotopic (exact) mass is 707 g/mol. The first-order chi connectivity index (χ1) is 24.9. The van der Waals surface area contributed by atoms with Crippen molar-refractivity contribution in [2.24, 2.45) is 5.92 Å². The highest BCUT2D eigenvalue weighted by atomic mass is 16.6. The van der Waals surface area contributed by atoms with Gasteiger partial charge >= 0.3 is 12.1 Å². The molecule has 1 aliphatic heterocycles. The maximum atomic E-state index is 13.7. The van der Waals surface area contributed by atoms with Crippen molar-refractivity contribution in [1.82, 2.24) is 9.88 Å². The van der Waals surface area contributed by atoms with Gasteiger partial charge in [-0.2, -0.15) is 0 Å². The molecule has 0 N–H and O–H groups in total. The highest BCUT2D eigenvalue weighted by molar-refractivity contribution is 6.08. The summed E-state index contributed by atoms with van der Waals surface area (Å²) in [4.78, 5) is 61.5. The SMILES string of the molecule is COc1ccc(COC(=O)[C@@H]2C(Cc3ccnc(N(Cc4ccc(OC)cc4)C(=O)OC(C)(C)C)c3)C(=O)N2C(=O)C[C@H](C)c2ccccc2)cc1. The molecule has 52 heavy (non-hydrogen) atoms. The number of ether oxygens (including phenoxy) is 4. The second-order valence-electron chi connectivity index (χ2n) is 13.8. The number of likely N-dealkylation sites (tertiary alicyclic amines) is 1. The molecule has 4 aromatic rings.